The smallest absolute Gasteiger partial charge is 0.232 e. The topological polar surface area (TPSA) is 56.7 Å². The first-order valence-electron chi connectivity index (χ1n) is 5.66. The Morgan fingerprint density at radius 1 is 1.39 bits per heavy atom. The van der Waals surface area contributed by atoms with E-state index in [2.05, 4.69) is 30.8 Å². The Hall–Kier alpha value is -1.08. The molecule has 0 N–H and O–H groups in total. The van der Waals surface area contributed by atoms with Gasteiger partial charge in [-0.05, 0) is 0 Å². The van der Waals surface area contributed by atoms with Gasteiger partial charge in [0, 0.05) is 11.9 Å². The molecule has 0 aromatic carbocycles. The van der Waals surface area contributed by atoms with Gasteiger partial charge in [-0.25, -0.2) is 0 Å². The molecule has 1 aromatic rings. The summed E-state index contributed by atoms with van der Waals surface area (Å²) in [5, 5.41) is 0.801. The third kappa shape index (κ3) is 2.84. The largest absolute Gasteiger partial charge is 0.481 e. The highest BCUT2D eigenvalue weighted by Gasteiger charge is 2.25. The van der Waals surface area contributed by atoms with Crippen LogP contribution in [0.3, 0.4) is 0 Å². The summed E-state index contributed by atoms with van der Waals surface area (Å²) in [5.41, 5.74) is 0. The van der Waals surface area contributed by atoms with Crippen LogP contribution in [-0.4, -0.2) is 55.3 Å². The van der Waals surface area contributed by atoms with Crippen molar-refractivity contribution in [2.45, 2.75) is 6.04 Å². The lowest BCUT2D eigenvalue weighted by Crippen LogP contribution is -2.47. The second-order valence-electron chi connectivity index (χ2n) is 3.83. The van der Waals surface area contributed by atoms with Crippen LogP contribution in [0.25, 0.3) is 0 Å². The van der Waals surface area contributed by atoms with E-state index >= 15 is 0 Å². The third-order valence-electron chi connectivity index (χ3n) is 2.75. The van der Waals surface area contributed by atoms with Crippen molar-refractivity contribution in [2.24, 2.45) is 0 Å². The molecule has 2 rings (SSSR count). The number of alkyl halides is 1. The summed E-state index contributed by atoms with van der Waals surface area (Å²) in [6, 6.07) is 1.88. The second kappa shape index (κ2) is 6.19. The Morgan fingerprint density at radius 3 is 2.61 bits per heavy atom. The summed E-state index contributed by atoms with van der Waals surface area (Å²) < 4.78 is 15.8. The molecule has 0 amide bonds. The van der Waals surface area contributed by atoms with Crippen LogP contribution in [-0.2, 0) is 4.74 Å². The predicted molar refractivity (Wildman–Crippen MR) is 70.9 cm³/mol. The SMILES string of the molecule is COc1cc(OC)nc(N2CCOCC2CBr)n1. The molecule has 1 fully saturated rings. The number of halogens is 1. The third-order valence-corrected chi connectivity index (χ3v) is 3.50. The summed E-state index contributed by atoms with van der Waals surface area (Å²) in [5.74, 6) is 1.60. The van der Waals surface area contributed by atoms with E-state index in [-0.39, 0.29) is 6.04 Å². The zero-order valence-electron chi connectivity index (χ0n) is 10.4. The van der Waals surface area contributed by atoms with E-state index in [4.69, 9.17) is 14.2 Å². The normalized spacial score (nSPS) is 19.7. The van der Waals surface area contributed by atoms with Gasteiger partial charge in [-0.3, -0.25) is 0 Å². The van der Waals surface area contributed by atoms with E-state index in [0.29, 0.717) is 30.9 Å². The number of ether oxygens (including phenoxy) is 3. The lowest BCUT2D eigenvalue weighted by atomic mass is 10.3. The van der Waals surface area contributed by atoms with Crippen LogP contribution >= 0.6 is 15.9 Å². The summed E-state index contributed by atoms with van der Waals surface area (Å²) in [6.07, 6.45) is 0. The number of nitrogens with zero attached hydrogens (tertiary/aromatic N) is 3. The molecule has 0 saturated carbocycles. The Labute approximate surface area is 114 Å². The van der Waals surface area contributed by atoms with E-state index in [1.54, 1.807) is 20.3 Å². The van der Waals surface area contributed by atoms with Crippen molar-refractivity contribution in [2.75, 3.05) is 44.2 Å². The number of aromatic nitrogens is 2. The van der Waals surface area contributed by atoms with Crippen LogP contribution in [0.4, 0.5) is 5.95 Å². The molecule has 7 heteroatoms. The van der Waals surface area contributed by atoms with Crippen LogP contribution in [0.1, 0.15) is 0 Å². The maximum Gasteiger partial charge on any atom is 0.232 e. The van der Waals surface area contributed by atoms with Gasteiger partial charge in [0.25, 0.3) is 0 Å². The molecular formula is C11H16BrN3O3. The molecular weight excluding hydrogens is 302 g/mol. The van der Waals surface area contributed by atoms with Crippen molar-refractivity contribution in [3.05, 3.63) is 6.07 Å². The predicted octanol–water partition coefficient (Wildman–Crippen LogP) is 1.09. The maximum absolute atomic E-state index is 5.45. The lowest BCUT2D eigenvalue weighted by Gasteiger charge is -2.34. The van der Waals surface area contributed by atoms with Crippen molar-refractivity contribution in [3.63, 3.8) is 0 Å². The molecule has 1 unspecified atom stereocenters. The highest BCUT2D eigenvalue weighted by atomic mass is 79.9. The van der Waals surface area contributed by atoms with Crippen molar-refractivity contribution in [1.29, 1.82) is 0 Å². The van der Waals surface area contributed by atoms with E-state index in [1.807, 2.05) is 0 Å². The lowest BCUT2D eigenvalue weighted by molar-refractivity contribution is 0.0994. The van der Waals surface area contributed by atoms with Gasteiger partial charge >= 0.3 is 0 Å². The quantitative estimate of drug-likeness (QED) is 0.775. The monoisotopic (exact) mass is 317 g/mol. The van der Waals surface area contributed by atoms with Crippen LogP contribution in [0.2, 0.25) is 0 Å². The second-order valence-corrected chi connectivity index (χ2v) is 4.48. The molecule has 1 aliphatic heterocycles. The van der Waals surface area contributed by atoms with Crippen molar-refractivity contribution in [1.82, 2.24) is 9.97 Å². The molecule has 2 heterocycles. The zero-order chi connectivity index (χ0) is 13.0. The Morgan fingerprint density at radius 2 is 2.06 bits per heavy atom. The minimum absolute atomic E-state index is 0.218. The first-order chi connectivity index (χ1) is 8.78. The minimum Gasteiger partial charge on any atom is -0.481 e. The summed E-state index contributed by atoms with van der Waals surface area (Å²) >= 11 is 3.48. The van der Waals surface area contributed by atoms with Crippen LogP contribution in [0.5, 0.6) is 11.8 Å². The van der Waals surface area contributed by atoms with Crippen molar-refractivity contribution >= 4 is 21.9 Å². The number of morpholine rings is 1. The molecule has 1 aromatic heterocycles. The Kier molecular flexibility index (Phi) is 4.60. The van der Waals surface area contributed by atoms with Gasteiger partial charge in [-0.1, -0.05) is 15.9 Å². The minimum atomic E-state index is 0.218. The molecule has 0 aliphatic carbocycles. The molecule has 1 saturated heterocycles. The summed E-state index contributed by atoms with van der Waals surface area (Å²) in [7, 11) is 3.15. The number of anilines is 1. The molecule has 1 atom stereocenters. The fourth-order valence-corrected chi connectivity index (χ4v) is 2.31. The number of hydrogen-bond acceptors (Lipinski definition) is 6. The average Bonchev–Trinajstić information content (AvgIpc) is 2.46. The molecule has 100 valence electrons. The van der Waals surface area contributed by atoms with Crippen molar-refractivity contribution in [3.8, 4) is 11.8 Å². The summed E-state index contributed by atoms with van der Waals surface area (Å²) in [4.78, 5) is 10.8. The van der Waals surface area contributed by atoms with E-state index in [1.165, 1.54) is 0 Å². The molecule has 18 heavy (non-hydrogen) atoms. The van der Waals surface area contributed by atoms with E-state index in [9.17, 15) is 0 Å². The molecule has 0 spiro atoms. The highest BCUT2D eigenvalue weighted by Crippen LogP contribution is 2.23. The molecule has 1 aliphatic rings. The summed E-state index contributed by atoms with van der Waals surface area (Å²) in [6.45, 7) is 2.09. The number of methoxy groups -OCH3 is 2. The van der Waals surface area contributed by atoms with Crippen LogP contribution in [0.15, 0.2) is 6.07 Å². The van der Waals surface area contributed by atoms with Crippen molar-refractivity contribution < 1.29 is 14.2 Å². The zero-order valence-corrected chi connectivity index (χ0v) is 12.0. The first-order valence-corrected chi connectivity index (χ1v) is 6.78. The average molecular weight is 318 g/mol. The van der Waals surface area contributed by atoms with Crippen LogP contribution < -0.4 is 14.4 Å². The van der Waals surface area contributed by atoms with Gasteiger partial charge in [0.15, 0.2) is 0 Å². The van der Waals surface area contributed by atoms with Gasteiger partial charge < -0.3 is 19.1 Å². The van der Waals surface area contributed by atoms with Gasteiger partial charge in [0.05, 0.1) is 39.5 Å². The number of hydrogen-bond donors (Lipinski definition) is 0. The molecule has 0 bridgehead atoms. The van der Waals surface area contributed by atoms with Crippen LogP contribution in [0, 0.1) is 0 Å². The molecule has 0 radical (unpaired) electrons. The van der Waals surface area contributed by atoms with Gasteiger partial charge in [0.1, 0.15) is 0 Å². The fourth-order valence-electron chi connectivity index (χ4n) is 1.78. The Bertz CT molecular complexity index is 383. The maximum atomic E-state index is 5.45. The fraction of sp³-hybridized carbons (Fsp3) is 0.636. The Balaban J connectivity index is 2.29. The highest BCUT2D eigenvalue weighted by molar-refractivity contribution is 9.09. The first kappa shape index (κ1) is 13.4. The molecule has 6 nitrogen and oxygen atoms in total. The van der Waals surface area contributed by atoms with Gasteiger partial charge in [-0.15, -0.1) is 0 Å². The van der Waals surface area contributed by atoms with Gasteiger partial charge in [-0.2, -0.15) is 9.97 Å². The van der Waals surface area contributed by atoms with E-state index in [0.717, 1.165) is 11.9 Å². The standard InChI is InChI=1S/C11H16BrN3O3/c1-16-9-5-10(17-2)14-11(13-9)15-3-4-18-7-8(15)6-12/h5,8H,3-4,6-7H2,1-2H3. The number of rotatable bonds is 4. The van der Waals surface area contributed by atoms with Gasteiger partial charge in [0.2, 0.25) is 17.7 Å². The van der Waals surface area contributed by atoms with E-state index < -0.39 is 0 Å².